The van der Waals surface area contributed by atoms with Crippen molar-refractivity contribution in [3.63, 3.8) is 0 Å². The van der Waals surface area contributed by atoms with Crippen LogP contribution in [0.1, 0.15) is 1.43 Å². The summed E-state index contributed by atoms with van der Waals surface area (Å²) in [5.74, 6) is 6.39. The number of rotatable bonds is 11. The second-order valence-electron chi connectivity index (χ2n) is 2.74. The van der Waals surface area contributed by atoms with Gasteiger partial charge in [-0.1, -0.05) is 6.58 Å². The Morgan fingerprint density at radius 2 is 0.935 bits per heavy atom. The van der Waals surface area contributed by atoms with E-state index in [4.69, 9.17) is 45.0 Å². The Morgan fingerprint density at radius 1 is 0.677 bits per heavy atom. The molecular weight excluding hydrogens is 572 g/mol. The SMILES string of the molecule is C=CSCCCl.C[O-].C[O-].ClCCSCCCl.O.O.[HH].[Mg+2].[Mg+2].[Mg+2].[O-]CCSCC[O-].[OH-].[OH-]. The van der Waals surface area contributed by atoms with E-state index in [0.717, 1.165) is 49.1 Å². The van der Waals surface area contributed by atoms with Crippen molar-refractivity contribution in [2.45, 2.75) is 0 Å². The quantitative estimate of drug-likeness (QED) is 0.141. The minimum Gasteiger partial charge on any atom is -0.870 e. The van der Waals surface area contributed by atoms with Crippen LogP contribution in [-0.2, 0) is 0 Å². The molecule has 0 aliphatic heterocycles. The number of halogens is 3. The Hall–Kier alpha value is 3.64. The molecule has 0 rings (SSSR count). The van der Waals surface area contributed by atoms with Crippen LogP contribution in [-0.4, -0.2) is 165 Å². The van der Waals surface area contributed by atoms with Crippen LogP contribution in [0.4, 0.5) is 0 Å². The van der Waals surface area contributed by atoms with E-state index < -0.39 is 0 Å². The second kappa shape index (κ2) is 115. The van der Waals surface area contributed by atoms with Crippen LogP contribution in [0.5, 0.6) is 0 Å². The van der Waals surface area contributed by atoms with E-state index in [9.17, 15) is 10.2 Å². The summed E-state index contributed by atoms with van der Waals surface area (Å²) in [5, 5.41) is 37.7. The van der Waals surface area contributed by atoms with E-state index in [2.05, 4.69) is 6.58 Å². The first-order valence-corrected chi connectivity index (χ1v) is 11.7. The maximum absolute atomic E-state index is 9.68. The van der Waals surface area contributed by atoms with Gasteiger partial charge in [-0.05, 0) is 16.9 Å². The van der Waals surface area contributed by atoms with Gasteiger partial charge in [0.25, 0.3) is 0 Å². The molecule has 31 heavy (non-hydrogen) atoms. The fourth-order valence-corrected chi connectivity index (χ4v) is 2.60. The van der Waals surface area contributed by atoms with E-state index in [0.29, 0.717) is 11.5 Å². The van der Waals surface area contributed by atoms with Gasteiger partial charge in [-0.3, -0.25) is 0 Å². The van der Waals surface area contributed by atoms with Crippen molar-refractivity contribution in [3.8, 4) is 0 Å². The standard InChI is InChI=1S/C4H8Cl2S.C4H7ClS.C4H8O2S.2CH3O.3Mg.4H2O.H2/c5-1-3-7-4-2-6;1-2-6-4-3-5;5-1-3-7-4-2-6;2*1-2;;;;;;;;/h1-4H2;2H,1,3-4H2;1-4H2;2*1H3;;;;4*1H2;1H/q;;-2;2*-1;3*+2;;;;;/p-2. The van der Waals surface area contributed by atoms with E-state index in [-0.39, 0.29) is 106 Å². The number of alkyl halides is 3. The minimum atomic E-state index is -0.0648. The molecule has 0 aromatic rings. The average Bonchev–Trinajstić information content (AvgIpc) is 2.65. The predicted molar refractivity (Wildman–Crippen MR) is 142 cm³/mol. The maximum Gasteiger partial charge on any atom is 2.00 e. The number of thioether (sulfide) groups is 3. The van der Waals surface area contributed by atoms with Crippen LogP contribution in [0.2, 0.25) is 0 Å². The molecule has 0 amide bonds. The molecule has 0 saturated carbocycles. The summed E-state index contributed by atoms with van der Waals surface area (Å²) in [4.78, 5) is 0. The van der Waals surface area contributed by atoms with E-state index >= 15 is 0 Å². The van der Waals surface area contributed by atoms with Gasteiger partial charge in [0.2, 0.25) is 0 Å². The molecule has 0 atom stereocenters. The summed E-state index contributed by atoms with van der Waals surface area (Å²) in [6.07, 6.45) is 0. The van der Waals surface area contributed by atoms with Crippen LogP contribution in [0, 0.1) is 0 Å². The van der Waals surface area contributed by atoms with Gasteiger partial charge < -0.3 is 42.3 Å². The molecule has 0 aromatic heterocycles. The van der Waals surface area contributed by atoms with Gasteiger partial charge in [0.1, 0.15) is 0 Å². The summed E-state index contributed by atoms with van der Waals surface area (Å²) in [6.45, 7) is 3.37. The van der Waals surface area contributed by atoms with Crippen molar-refractivity contribution in [1.29, 1.82) is 0 Å². The van der Waals surface area contributed by atoms with Gasteiger partial charge in [-0.25, -0.2) is 0 Å². The molecule has 0 aromatic carbocycles. The Balaban J connectivity index is -0.0000000128. The van der Waals surface area contributed by atoms with E-state index in [1.54, 1.807) is 28.9 Å². The number of hydrogen-bond donors (Lipinski definition) is 0. The van der Waals surface area contributed by atoms with Gasteiger partial charge in [-0.2, -0.15) is 37.7 Å². The third-order valence-electron chi connectivity index (χ3n) is 1.21. The first kappa shape index (κ1) is 76.5. The Labute approximate surface area is 265 Å². The van der Waals surface area contributed by atoms with E-state index in [1.165, 1.54) is 11.8 Å². The monoisotopic (exact) mass is 606 g/mol. The summed E-state index contributed by atoms with van der Waals surface area (Å²) < 4.78 is 0. The Bertz CT molecular complexity index is 176. The molecular formula is C14H37Cl3Mg3O8S3. The third kappa shape index (κ3) is 157. The number of hydrogen-bond acceptors (Lipinski definition) is 9. The molecule has 0 saturated heterocycles. The predicted octanol–water partition coefficient (Wildman–Crippen LogP) is -2.21. The Kier molecular flexibility index (Phi) is 284. The molecule has 0 spiro atoms. The van der Waals surface area contributed by atoms with Crippen molar-refractivity contribution in [3.05, 3.63) is 12.0 Å². The molecule has 17 heteroatoms. The normalized spacial score (nSPS) is 6.23. The maximum atomic E-state index is 9.68. The first-order chi connectivity index (χ1) is 11.7. The first-order valence-electron chi connectivity index (χ1n) is 6.78. The molecule has 0 aliphatic carbocycles. The van der Waals surface area contributed by atoms with Gasteiger partial charge in [0, 0.05) is 36.3 Å². The van der Waals surface area contributed by atoms with Gasteiger partial charge in [0.15, 0.2) is 0 Å². The summed E-state index contributed by atoms with van der Waals surface area (Å²) in [7, 11) is 1.50. The second-order valence-corrected chi connectivity index (χ2v) is 7.40. The molecule has 186 valence electrons. The van der Waals surface area contributed by atoms with Crippen molar-refractivity contribution >= 4 is 139 Å². The summed E-state index contributed by atoms with van der Waals surface area (Å²) in [5.41, 5.74) is 0. The zero-order chi connectivity index (χ0) is 19.9. The van der Waals surface area contributed by atoms with Gasteiger partial charge in [-0.15, -0.1) is 59.8 Å². The molecule has 6 N–H and O–H groups in total. The zero-order valence-electron chi connectivity index (χ0n) is 18.4. The van der Waals surface area contributed by atoms with Crippen LogP contribution in [0.3, 0.4) is 0 Å². The summed E-state index contributed by atoms with van der Waals surface area (Å²) in [6, 6.07) is 0. The average molecular weight is 609 g/mol. The van der Waals surface area contributed by atoms with Crippen molar-refractivity contribution in [1.82, 2.24) is 0 Å². The molecule has 0 radical (unpaired) electrons. The Morgan fingerprint density at radius 3 is 1.10 bits per heavy atom. The third-order valence-corrected chi connectivity index (χ3v) is 5.02. The van der Waals surface area contributed by atoms with Crippen LogP contribution >= 0.6 is 70.1 Å². The summed E-state index contributed by atoms with van der Waals surface area (Å²) >= 11 is 20.9. The van der Waals surface area contributed by atoms with Crippen molar-refractivity contribution in [2.75, 3.05) is 73.8 Å². The fraction of sp³-hybridized carbons (Fsp3) is 0.857. The molecule has 0 aliphatic rings. The van der Waals surface area contributed by atoms with Gasteiger partial charge in [0.05, 0.1) is 0 Å². The molecule has 8 nitrogen and oxygen atoms in total. The fourth-order valence-electron chi connectivity index (χ4n) is 0.559. The molecule has 0 fully saturated rings. The smallest absolute Gasteiger partial charge is 0.870 e. The van der Waals surface area contributed by atoms with Crippen LogP contribution < -0.4 is 20.4 Å². The van der Waals surface area contributed by atoms with Crippen molar-refractivity contribution in [2.24, 2.45) is 0 Å². The largest absolute Gasteiger partial charge is 2.00 e. The van der Waals surface area contributed by atoms with Gasteiger partial charge >= 0.3 is 69.2 Å². The topological polar surface area (TPSA) is 215 Å². The molecule has 0 bridgehead atoms. The molecule has 0 unspecified atom stereocenters. The van der Waals surface area contributed by atoms with Crippen LogP contribution in [0.25, 0.3) is 0 Å². The van der Waals surface area contributed by atoms with Crippen LogP contribution in [0.15, 0.2) is 12.0 Å². The zero-order valence-corrected chi connectivity index (χ0v) is 27.3. The minimum absolute atomic E-state index is 0. The van der Waals surface area contributed by atoms with Crippen molar-refractivity contribution < 1.29 is 43.8 Å². The van der Waals surface area contributed by atoms with E-state index in [1.807, 2.05) is 0 Å². The molecule has 0 heterocycles.